The molecule has 6 heteroatoms. The average Bonchev–Trinajstić information content (AvgIpc) is 3.35. The van der Waals surface area contributed by atoms with E-state index in [1.807, 2.05) is 6.08 Å². The Hall–Kier alpha value is -3.67. The van der Waals surface area contributed by atoms with Crippen molar-refractivity contribution in [1.82, 2.24) is 0 Å². The number of hydrogen-bond acceptors (Lipinski definition) is 6. The van der Waals surface area contributed by atoms with Gasteiger partial charge in [-0.2, -0.15) is 0 Å². The number of esters is 3. The van der Waals surface area contributed by atoms with Crippen molar-refractivity contribution < 1.29 is 28.6 Å². The van der Waals surface area contributed by atoms with Crippen molar-refractivity contribution in [1.29, 1.82) is 0 Å². The van der Waals surface area contributed by atoms with Gasteiger partial charge in [0.2, 0.25) is 0 Å². The number of carbonyl (C=O) groups is 3. The van der Waals surface area contributed by atoms with Gasteiger partial charge in [0, 0.05) is 19.3 Å². The Labute approximate surface area is 426 Å². The molecule has 0 bridgehead atoms. The molecule has 0 rings (SSSR count). The van der Waals surface area contributed by atoms with E-state index in [-0.39, 0.29) is 37.5 Å². The van der Waals surface area contributed by atoms with E-state index >= 15 is 0 Å². The fourth-order valence-electron chi connectivity index (χ4n) is 7.75. The molecule has 394 valence electrons. The molecule has 0 aromatic rings. The molecule has 0 aliphatic carbocycles. The van der Waals surface area contributed by atoms with Crippen LogP contribution in [0, 0.1) is 0 Å². The molecule has 0 amide bonds. The van der Waals surface area contributed by atoms with E-state index in [1.165, 1.54) is 141 Å². The van der Waals surface area contributed by atoms with Crippen LogP contribution in [0.25, 0.3) is 0 Å². The van der Waals surface area contributed by atoms with Crippen molar-refractivity contribution in [3.63, 3.8) is 0 Å². The molecule has 6 nitrogen and oxygen atoms in total. The van der Waals surface area contributed by atoms with Gasteiger partial charge in [0.05, 0.1) is 0 Å². The molecule has 0 saturated carbocycles. The molecule has 0 aliphatic rings. The van der Waals surface area contributed by atoms with E-state index in [1.54, 1.807) is 0 Å². The third kappa shape index (κ3) is 55.1. The third-order valence-corrected chi connectivity index (χ3v) is 12.1. The molecule has 0 N–H and O–H groups in total. The monoisotopic (exact) mass is 959 g/mol. The summed E-state index contributed by atoms with van der Waals surface area (Å²) in [7, 11) is 0. The van der Waals surface area contributed by atoms with Crippen LogP contribution < -0.4 is 0 Å². The first-order chi connectivity index (χ1) is 34.0. The highest BCUT2D eigenvalue weighted by Gasteiger charge is 2.19. The van der Waals surface area contributed by atoms with Gasteiger partial charge in [0.1, 0.15) is 13.2 Å². The van der Waals surface area contributed by atoms with Crippen LogP contribution in [0.1, 0.15) is 265 Å². The second-order valence-corrected chi connectivity index (χ2v) is 18.8. The molecule has 1 unspecified atom stereocenters. The lowest BCUT2D eigenvalue weighted by molar-refractivity contribution is -0.166. The minimum atomic E-state index is -0.813. The van der Waals surface area contributed by atoms with Crippen LogP contribution in [0.4, 0.5) is 0 Å². The summed E-state index contributed by atoms with van der Waals surface area (Å²) in [5, 5.41) is 0. The van der Waals surface area contributed by atoms with Gasteiger partial charge in [0.15, 0.2) is 6.10 Å². The van der Waals surface area contributed by atoms with Crippen LogP contribution in [0.2, 0.25) is 0 Å². The van der Waals surface area contributed by atoms with Crippen LogP contribution in [0.3, 0.4) is 0 Å². The number of unbranched alkanes of at least 4 members (excludes halogenated alkanes) is 24. The lowest BCUT2D eigenvalue weighted by Gasteiger charge is -2.18. The van der Waals surface area contributed by atoms with Crippen LogP contribution in [0.15, 0.2) is 97.2 Å². The van der Waals surface area contributed by atoms with E-state index < -0.39 is 6.10 Å². The van der Waals surface area contributed by atoms with Crippen molar-refractivity contribution in [2.45, 2.75) is 271 Å². The molecule has 0 fully saturated rings. The second-order valence-electron chi connectivity index (χ2n) is 18.8. The number of hydrogen-bond donors (Lipinski definition) is 0. The molecular weight excluding hydrogens is 853 g/mol. The summed E-state index contributed by atoms with van der Waals surface area (Å²) in [6.07, 6.45) is 75.5. The highest BCUT2D eigenvalue weighted by molar-refractivity contribution is 5.71. The second kappa shape index (κ2) is 56.9. The molecule has 0 radical (unpaired) electrons. The zero-order valence-electron chi connectivity index (χ0n) is 45.0. The predicted octanol–water partition coefficient (Wildman–Crippen LogP) is 19.3. The van der Waals surface area contributed by atoms with E-state index in [2.05, 4.69) is 112 Å². The summed E-state index contributed by atoms with van der Waals surface area (Å²) in [6, 6.07) is 0. The SMILES string of the molecule is CC/C=C\C/C=C\C/C=C\C/C=C\C/C=C\C/C=C\CCC(=O)OCC(COC(=O)CCCCCCCCC/C=C\CCCCCC)OC(=O)CCCCCCCCC/C=C\CCCCCCCC. The Balaban J connectivity index is 4.51. The smallest absolute Gasteiger partial charge is 0.306 e. The first kappa shape index (κ1) is 65.3. The molecular formula is C63H106O6. The minimum Gasteiger partial charge on any atom is -0.462 e. The minimum absolute atomic E-state index is 0.105. The van der Waals surface area contributed by atoms with Crippen LogP contribution in [0.5, 0.6) is 0 Å². The maximum Gasteiger partial charge on any atom is 0.306 e. The summed E-state index contributed by atoms with van der Waals surface area (Å²) in [4.78, 5) is 38.1. The van der Waals surface area contributed by atoms with Gasteiger partial charge >= 0.3 is 17.9 Å². The molecule has 0 aromatic heterocycles. The quantitative estimate of drug-likeness (QED) is 0.0262. The Morgan fingerprint density at radius 2 is 0.594 bits per heavy atom. The Morgan fingerprint density at radius 3 is 0.986 bits per heavy atom. The number of carbonyl (C=O) groups excluding carboxylic acids is 3. The summed E-state index contributed by atoms with van der Waals surface area (Å²) in [6.45, 7) is 6.45. The van der Waals surface area contributed by atoms with Gasteiger partial charge in [0.25, 0.3) is 0 Å². The third-order valence-electron chi connectivity index (χ3n) is 12.1. The molecule has 0 heterocycles. The van der Waals surface area contributed by atoms with Crippen LogP contribution in [-0.2, 0) is 28.6 Å². The molecule has 0 spiro atoms. The van der Waals surface area contributed by atoms with Gasteiger partial charge < -0.3 is 14.2 Å². The van der Waals surface area contributed by atoms with Crippen molar-refractivity contribution in [2.24, 2.45) is 0 Å². The van der Waals surface area contributed by atoms with Gasteiger partial charge in [-0.05, 0) is 109 Å². The van der Waals surface area contributed by atoms with Crippen molar-refractivity contribution in [3.8, 4) is 0 Å². The summed E-state index contributed by atoms with van der Waals surface area (Å²) in [5.41, 5.74) is 0. The lowest BCUT2D eigenvalue weighted by Crippen LogP contribution is -2.30. The van der Waals surface area contributed by atoms with Crippen molar-refractivity contribution in [3.05, 3.63) is 97.2 Å². The highest BCUT2D eigenvalue weighted by Crippen LogP contribution is 2.14. The zero-order valence-corrected chi connectivity index (χ0v) is 45.0. The first-order valence-corrected chi connectivity index (χ1v) is 28.7. The van der Waals surface area contributed by atoms with Crippen molar-refractivity contribution in [2.75, 3.05) is 13.2 Å². The van der Waals surface area contributed by atoms with E-state index in [4.69, 9.17) is 14.2 Å². The van der Waals surface area contributed by atoms with E-state index in [0.29, 0.717) is 19.3 Å². The van der Waals surface area contributed by atoms with E-state index in [0.717, 1.165) is 77.0 Å². The van der Waals surface area contributed by atoms with Gasteiger partial charge in [-0.3, -0.25) is 14.4 Å². The maximum atomic E-state index is 12.9. The highest BCUT2D eigenvalue weighted by atomic mass is 16.6. The van der Waals surface area contributed by atoms with Crippen LogP contribution >= 0.6 is 0 Å². The summed E-state index contributed by atoms with van der Waals surface area (Å²) in [5.74, 6) is -0.998. The largest absolute Gasteiger partial charge is 0.462 e. The Bertz CT molecular complexity index is 1380. The molecule has 1 atom stereocenters. The number of ether oxygens (including phenoxy) is 3. The fraction of sp³-hybridized carbons (Fsp3) is 0.698. The lowest BCUT2D eigenvalue weighted by atomic mass is 10.1. The van der Waals surface area contributed by atoms with Gasteiger partial charge in [-0.15, -0.1) is 0 Å². The average molecular weight is 960 g/mol. The number of allylic oxidation sites excluding steroid dienone is 16. The Morgan fingerprint density at radius 1 is 0.304 bits per heavy atom. The standard InChI is InChI=1S/C63H106O6/c1-4-7-10-13-16-19-22-25-28-30-31-33-35-38-41-44-47-50-53-56-62(65)68-59-60(58-67-61(64)55-52-49-46-43-40-37-34-27-24-21-18-15-12-9-6-3)69-63(66)57-54-51-48-45-42-39-36-32-29-26-23-20-17-14-11-8-5-2/h7,10,16,19,21,24-26,28-29,31,33,38,41,47,50,60H,4-6,8-9,11-15,17-18,20,22-23,27,30,32,34-37,39-40,42-46,48-49,51-59H2,1-3H3/b10-7-,19-16-,24-21-,28-25-,29-26-,33-31-,41-38-,50-47-. The topological polar surface area (TPSA) is 78.9 Å². The fourth-order valence-corrected chi connectivity index (χ4v) is 7.75. The normalized spacial score (nSPS) is 12.8. The van der Waals surface area contributed by atoms with E-state index in [9.17, 15) is 14.4 Å². The summed E-state index contributed by atoms with van der Waals surface area (Å²) >= 11 is 0. The molecule has 0 saturated heterocycles. The molecule has 69 heavy (non-hydrogen) atoms. The number of rotatable bonds is 51. The van der Waals surface area contributed by atoms with Crippen LogP contribution in [-0.4, -0.2) is 37.2 Å². The Kier molecular flexibility index (Phi) is 53.9. The summed E-state index contributed by atoms with van der Waals surface area (Å²) < 4.78 is 16.8. The van der Waals surface area contributed by atoms with Gasteiger partial charge in [-0.25, -0.2) is 0 Å². The maximum absolute atomic E-state index is 12.9. The molecule has 0 aromatic carbocycles. The molecule has 0 aliphatic heterocycles. The van der Waals surface area contributed by atoms with Crippen molar-refractivity contribution >= 4 is 17.9 Å². The zero-order chi connectivity index (χ0) is 50.0. The van der Waals surface area contributed by atoms with Gasteiger partial charge in [-0.1, -0.05) is 234 Å². The predicted molar refractivity (Wildman–Crippen MR) is 297 cm³/mol. The first-order valence-electron chi connectivity index (χ1n) is 28.7.